The quantitative estimate of drug-likeness (QED) is 0.635. The van der Waals surface area contributed by atoms with Gasteiger partial charge < -0.3 is 15.3 Å². The first-order valence-corrected chi connectivity index (χ1v) is 7.54. The zero-order valence-corrected chi connectivity index (χ0v) is 12.4. The number of carboxylic acid groups (broad SMARTS) is 3. The topological polar surface area (TPSA) is 112 Å². The Balaban J connectivity index is 3.04. The second-order valence-electron chi connectivity index (χ2n) is 5.98. The molecule has 3 atom stereocenters. The van der Waals surface area contributed by atoms with E-state index in [2.05, 4.69) is 0 Å². The molecule has 21 heavy (non-hydrogen) atoms. The van der Waals surface area contributed by atoms with Crippen molar-refractivity contribution in [3.05, 3.63) is 0 Å². The largest absolute Gasteiger partial charge is 0.481 e. The van der Waals surface area contributed by atoms with Gasteiger partial charge in [0.1, 0.15) is 0 Å². The third kappa shape index (κ3) is 3.95. The van der Waals surface area contributed by atoms with Crippen LogP contribution in [-0.2, 0) is 14.4 Å². The Morgan fingerprint density at radius 1 is 1.19 bits per heavy atom. The third-order valence-corrected chi connectivity index (χ3v) is 4.62. The Morgan fingerprint density at radius 2 is 1.86 bits per heavy atom. The minimum absolute atomic E-state index is 0.0887. The molecule has 1 aliphatic carbocycles. The van der Waals surface area contributed by atoms with Gasteiger partial charge in [-0.3, -0.25) is 14.4 Å². The fourth-order valence-electron chi connectivity index (χ4n) is 3.39. The Hall–Kier alpha value is -1.59. The normalized spacial score (nSPS) is 27.0. The highest BCUT2D eigenvalue weighted by Crippen LogP contribution is 2.47. The Bertz CT molecular complexity index is 405. The molecule has 0 amide bonds. The number of unbranched alkanes of at least 4 members (excludes halogenated alkanes) is 1. The van der Waals surface area contributed by atoms with Crippen LogP contribution in [-0.4, -0.2) is 33.2 Å². The molecular formula is C15H24O6. The van der Waals surface area contributed by atoms with E-state index in [4.69, 9.17) is 0 Å². The number of hydrogen-bond acceptors (Lipinski definition) is 3. The molecule has 0 aromatic carbocycles. The van der Waals surface area contributed by atoms with Gasteiger partial charge in [0.15, 0.2) is 0 Å². The fraction of sp³-hybridized carbons (Fsp3) is 0.800. The smallest absolute Gasteiger partial charge is 0.310 e. The zero-order chi connectivity index (χ0) is 16.0. The summed E-state index contributed by atoms with van der Waals surface area (Å²) in [6, 6.07) is 0. The van der Waals surface area contributed by atoms with Gasteiger partial charge in [0.25, 0.3) is 0 Å². The van der Waals surface area contributed by atoms with Gasteiger partial charge in [-0.15, -0.1) is 0 Å². The molecule has 0 saturated heterocycles. The molecule has 1 fully saturated rings. The van der Waals surface area contributed by atoms with E-state index in [1.165, 1.54) is 0 Å². The SMILES string of the molecule is CCCCC(CC1(C(=O)O)CCCCC1C(=O)O)C(=O)O. The second kappa shape index (κ2) is 7.43. The predicted molar refractivity (Wildman–Crippen MR) is 74.9 cm³/mol. The average molecular weight is 300 g/mol. The molecule has 0 heterocycles. The number of rotatable bonds is 8. The molecule has 0 aromatic rings. The van der Waals surface area contributed by atoms with Crippen molar-refractivity contribution in [2.75, 3.05) is 0 Å². The monoisotopic (exact) mass is 300 g/mol. The van der Waals surface area contributed by atoms with Crippen LogP contribution in [0.25, 0.3) is 0 Å². The summed E-state index contributed by atoms with van der Waals surface area (Å²) >= 11 is 0. The number of hydrogen-bond donors (Lipinski definition) is 3. The highest BCUT2D eigenvalue weighted by atomic mass is 16.4. The molecule has 6 heteroatoms. The van der Waals surface area contributed by atoms with Crippen molar-refractivity contribution < 1.29 is 29.7 Å². The summed E-state index contributed by atoms with van der Waals surface area (Å²) in [6.45, 7) is 1.94. The average Bonchev–Trinajstić information content (AvgIpc) is 2.43. The maximum Gasteiger partial charge on any atom is 0.310 e. The summed E-state index contributed by atoms with van der Waals surface area (Å²) in [7, 11) is 0. The van der Waals surface area contributed by atoms with Gasteiger partial charge in [-0.05, 0) is 25.7 Å². The van der Waals surface area contributed by atoms with E-state index in [9.17, 15) is 29.7 Å². The molecule has 0 spiro atoms. The summed E-state index contributed by atoms with van der Waals surface area (Å²) in [6.07, 6.45) is 3.70. The highest BCUT2D eigenvalue weighted by molar-refractivity contribution is 5.84. The van der Waals surface area contributed by atoms with Crippen LogP contribution >= 0.6 is 0 Å². The highest BCUT2D eigenvalue weighted by Gasteiger charge is 2.52. The van der Waals surface area contributed by atoms with E-state index < -0.39 is 35.2 Å². The van der Waals surface area contributed by atoms with Crippen molar-refractivity contribution >= 4 is 17.9 Å². The minimum atomic E-state index is -1.44. The van der Waals surface area contributed by atoms with Crippen LogP contribution in [0.1, 0.15) is 58.3 Å². The van der Waals surface area contributed by atoms with Crippen LogP contribution in [0.3, 0.4) is 0 Å². The van der Waals surface area contributed by atoms with Crippen molar-refractivity contribution in [1.82, 2.24) is 0 Å². The first kappa shape index (κ1) is 17.5. The minimum Gasteiger partial charge on any atom is -0.481 e. The first-order valence-electron chi connectivity index (χ1n) is 7.54. The molecule has 1 aliphatic rings. The molecule has 1 saturated carbocycles. The zero-order valence-electron chi connectivity index (χ0n) is 12.4. The van der Waals surface area contributed by atoms with E-state index in [-0.39, 0.29) is 12.8 Å². The predicted octanol–water partition coefficient (Wildman–Crippen LogP) is 2.61. The molecule has 3 unspecified atom stereocenters. The lowest BCUT2D eigenvalue weighted by Gasteiger charge is -2.40. The van der Waals surface area contributed by atoms with Crippen molar-refractivity contribution in [2.24, 2.45) is 17.3 Å². The molecule has 0 aliphatic heterocycles. The number of carbonyl (C=O) groups is 3. The van der Waals surface area contributed by atoms with Crippen LogP contribution in [0.5, 0.6) is 0 Å². The summed E-state index contributed by atoms with van der Waals surface area (Å²) in [5.41, 5.74) is -1.44. The molecule has 6 nitrogen and oxygen atoms in total. The molecular weight excluding hydrogens is 276 g/mol. The van der Waals surface area contributed by atoms with Gasteiger partial charge in [-0.25, -0.2) is 0 Å². The van der Waals surface area contributed by atoms with E-state index in [0.29, 0.717) is 32.1 Å². The van der Waals surface area contributed by atoms with Crippen molar-refractivity contribution in [3.8, 4) is 0 Å². The Labute approximate surface area is 124 Å². The summed E-state index contributed by atoms with van der Waals surface area (Å²) in [5, 5.41) is 28.3. The lowest BCUT2D eigenvalue weighted by Crippen LogP contribution is -2.46. The van der Waals surface area contributed by atoms with Crippen LogP contribution in [0.4, 0.5) is 0 Å². The summed E-state index contributed by atoms with van der Waals surface area (Å²) in [5.74, 6) is -5.11. The van der Waals surface area contributed by atoms with Crippen molar-refractivity contribution in [2.45, 2.75) is 58.3 Å². The summed E-state index contributed by atoms with van der Waals surface area (Å²) in [4.78, 5) is 34.6. The molecule has 0 radical (unpaired) electrons. The van der Waals surface area contributed by atoms with Crippen molar-refractivity contribution in [1.29, 1.82) is 0 Å². The standard InChI is InChI=1S/C15H24O6/c1-2-3-6-10(12(16)17)9-15(14(20)21)8-5-4-7-11(15)13(18)19/h10-11H,2-9H2,1H3,(H,16,17)(H,18,19)(H,20,21). The molecule has 0 bridgehead atoms. The van der Waals surface area contributed by atoms with Gasteiger partial charge in [0.05, 0.1) is 17.3 Å². The molecule has 0 aromatic heterocycles. The summed E-state index contributed by atoms with van der Waals surface area (Å²) < 4.78 is 0. The van der Waals surface area contributed by atoms with E-state index >= 15 is 0 Å². The first-order chi connectivity index (χ1) is 9.85. The maximum absolute atomic E-state index is 11.8. The fourth-order valence-corrected chi connectivity index (χ4v) is 3.39. The number of carboxylic acids is 3. The lowest BCUT2D eigenvalue weighted by molar-refractivity contribution is -0.169. The second-order valence-corrected chi connectivity index (χ2v) is 5.98. The van der Waals surface area contributed by atoms with Crippen LogP contribution in [0, 0.1) is 17.3 Å². The third-order valence-electron chi connectivity index (χ3n) is 4.62. The van der Waals surface area contributed by atoms with Gasteiger partial charge in [0.2, 0.25) is 0 Å². The molecule has 120 valence electrons. The van der Waals surface area contributed by atoms with E-state index in [0.717, 1.165) is 6.42 Å². The molecule has 1 rings (SSSR count). The molecule has 3 N–H and O–H groups in total. The van der Waals surface area contributed by atoms with Gasteiger partial charge in [-0.2, -0.15) is 0 Å². The van der Waals surface area contributed by atoms with Crippen LogP contribution in [0.2, 0.25) is 0 Å². The number of aliphatic carboxylic acids is 3. The van der Waals surface area contributed by atoms with Crippen LogP contribution < -0.4 is 0 Å². The van der Waals surface area contributed by atoms with Crippen LogP contribution in [0.15, 0.2) is 0 Å². The Kier molecular flexibility index (Phi) is 6.18. The van der Waals surface area contributed by atoms with E-state index in [1.54, 1.807) is 0 Å². The van der Waals surface area contributed by atoms with Gasteiger partial charge >= 0.3 is 17.9 Å². The lowest BCUT2D eigenvalue weighted by atomic mass is 9.62. The Morgan fingerprint density at radius 3 is 2.33 bits per heavy atom. The van der Waals surface area contributed by atoms with Crippen molar-refractivity contribution in [3.63, 3.8) is 0 Å². The van der Waals surface area contributed by atoms with E-state index in [1.807, 2.05) is 6.92 Å². The van der Waals surface area contributed by atoms with Gasteiger partial charge in [0, 0.05) is 0 Å². The maximum atomic E-state index is 11.8. The van der Waals surface area contributed by atoms with Gasteiger partial charge in [-0.1, -0.05) is 32.6 Å².